The summed E-state index contributed by atoms with van der Waals surface area (Å²) >= 11 is 0. The Bertz CT molecular complexity index is 257. The first-order valence-corrected chi connectivity index (χ1v) is 6.85. The molecule has 3 N–H and O–H groups in total. The number of hydrogen-bond acceptors (Lipinski definition) is 4. The topological polar surface area (TPSA) is 67.6 Å². The van der Waals surface area contributed by atoms with Crippen LogP contribution in [0.4, 0.5) is 0 Å². The number of nitrogens with zero attached hydrogens (tertiary/aromatic N) is 1. The molecule has 1 fully saturated rings. The average Bonchev–Trinajstić information content (AvgIpc) is 2.28. The van der Waals surface area contributed by atoms with Gasteiger partial charge in [0.15, 0.2) is 0 Å². The molecule has 0 bridgehead atoms. The summed E-state index contributed by atoms with van der Waals surface area (Å²) in [5, 5.41) is 2.95. The Hall–Kier alpha value is -0.650. The van der Waals surface area contributed by atoms with Gasteiger partial charge in [-0.25, -0.2) is 0 Å². The Morgan fingerprint density at radius 3 is 2.83 bits per heavy atom. The number of ether oxygens (including phenoxy) is 1. The largest absolute Gasteiger partial charge is 0.374 e. The summed E-state index contributed by atoms with van der Waals surface area (Å²) in [6.07, 6.45) is 1.07. The number of rotatable bonds is 6. The molecule has 5 heteroatoms. The number of hydrogen-bond donors (Lipinski definition) is 2. The summed E-state index contributed by atoms with van der Waals surface area (Å²) in [4.78, 5) is 13.9. The van der Waals surface area contributed by atoms with E-state index < -0.39 is 0 Å². The van der Waals surface area contributed by atoms with Crippen molar-refractivity contribution in [2.24, 2.45) is 11.7 Å². The molecule has 0 aromatic rings. The molecule has 1 aliphatic rings. The van der Waals surface area contributed by atoms with Gasteiger partial charge in [-0.3, -0.25) is 9.69 Å². The Morgan fingerprint density at radius 1 is 1.50 bits per heavy atom. The van der Waals surface area contributed by atoms with E-state index in [1.165, 1.54) is 0 Å². The first-order valence-electron chi connectivity index (χ1n) is 6.85. The lowest BCUT2D eigenvalue weighted by Crippen LogP contribution is -2.51. The first-order chi connectivity index (χ1) is 8.49. The number of nitrogens with two attached hydrogens (primary N) is 1. The average molecular weight is 257 g/mol. The summed E-state index contributed by atoms with van der Waals surface area (Å²) in [5.41, 5.74) is 5.82. The lowest BCUT2D eigenvalue weighted by Gasteiger charge is -2.34. The quantitative estimate of drug-likeness (QED) is 0.713. The summed E-state index contributed by atoms with van der Waals surface area (Å²) in [6.45, 7) is 9.67. The van der Waals surface area contributed by atoms with Crippen molar-refractivity contribution in [3.63, 3.8) is 0 Å². The van der Waals surface area contributed by atoms with Gasteiger partial charge < -0.3 is 15.8 Å². The van der Waals surface area contributed by atoms with Crippen molar-refractivity contribution < 1.29 is 9.53 Å². The van der Waals surface area contributed by atoms with E-state index in [1.807, 2.05) is 6.92 Å². The highest BCUT2D eigenvalue weighted by Crippen LogP contribution is 2.07. The molecule has 1 amide bonds. The Labute approximate surface area is 110 Å². The summed E-state index contributed by atoms with van der Waals surface area (Å²) in [7, 11) is 0. The lowest BCUT2D eigenvalue weighted by molar-refractivity contribution is -0.124. The summed E-state index contributed by atoms with van der Waals surface area (Å²) in [5.74, 6) is 0.720. The molecule has 1 rings (SSSR count). The predicted octanol–water partition coefficient (Wildman–Crippen LogP) is 0.197. The van der Waals surface area contributed by atoms with Crippen molar-refractivity contribution in [1.29, 1.82) is 0 Å². The van der Waals surface area contributed by atoms with Gasteiger partial charge in [0.25, 0.3) is 0 Å². The standard InChI is InChI=1S/C13H27N3O2/c1-10(2)4-5-15-13(17)9-16-6-7-18-12(8-16)11(3)14/h10-12H,4-9,14H2,1-3H3,(H,15,17). The first kappa shape index (κ1) is 15.4. The second-order valence-corrected chi connectivity index (χ2v) is 5.54. The molecular formula is C13H27N3O2. The van der Waals surface area contributed by atoms with Crippen molar-refractivity contribution in [3.05, 3.63) is 0 Å². The van der Waals surface area contributed by atoms with E-state index in [9.17, 15) is 4.79 Å². The highest BCUT2D eigenvalue weighted by molar-refractivity contribution is 5.77. The molecular weight excluding hydrogens is 230 g/mol. The van der Waals surface area contributed by atoms with Crippen LogP contribution in [0.3, 0.4) is 0 Å². The minimum atomic E-state index is 0.0109. The monoisotopic (exact) mass is 257 g/mol. The van der Waals surface area contributed by atoms with E-state index >= 15 is 0 Å². The van der Waals surface area contributed by atoms with Crippen molar-refractivity contribution in [1.82, 2.24) is 10.2 Å². The Balaban J connectivity index is 2.22. The van der Waals surface area contributed by atoms with Crippen LogP contribution in [0.25, 0.3) is 0 Å². The smallest absolute Gasteiger partial charge is 0.234 e. The van der Waals surface area contributed by atoms with E-state index in [0.717, 1.165) is 26.1 Å². The molecule has 1 heterocycles. The number of carbonyl (C=O) groups is 1. The van der Waals surface area contributed by atoms with Gasteiger partial charge >= 0.3 is 0 Å². The zero-order chi connectivity index (χ0) is 13.5. The molecule has 2 atom stereocenters. The van der Waals surface area contributed by atoms with Crippen LogP contribution in [-0.2, 0) is 9.53 Å². The minimum Gasteiger partial charge on any atom is -0.374 e. The van der Waals surface area contributed by atoms with Gasteiger partial charge in [-0.2, -0.15) is 0 Å². The van der Waals surface area contributed by atoms with Crippen LogP contribution in [0.1, 0.15) is 27.2 Å². The lowest BCUT2D eigenvalue weighted by atomic mass is 10.1. The SMILES string of the molecule is CC(C)CCNC(=O)CN1CCOC(C(C)N)C1. The Morgan fingerprint density at radius 2 is 2.22 bits per heavy atom. The van der Waals surface area contributed by atoms with Gasteiger partial charge in [-0.05, 0) is 19.3 Å². The highest BCUT2D eigenvalue weighted by Gasteiger charge is 2.24. The van der Waals surface area contributed by atoms with E-state index in [1.54, 1.807) is 0 Å². The van der Waals surface area contributed by atoms with Crippen LogP contribution in [0, 0.1) is 5.92 Å². The minimum absolute atomic E-state index is 0.0109. The van der Waals surface area contributed by atoms with Crippen LogP contribution < -0.4 is 11.1 Å². The molecule has 0 aromatic heterocycles. The molecule has 1 aliphatic heterocycles. The number of carbonyl (C=O) groups excluding carboxylic acids is 1. The zero-order valence-corrected chi connectivity index (χ0v) is 11.8. The predicted molar refractivity (Wildman–Crippen MR) is 72.3 cm³/mol. The molecule has 5 nitrogen and oxygen atoms in total. The molecule has 18 heavy (non-hydrogen) atoms. The third-order valence-electron chi connectivity index (χ3n) is 3.18. The van der Waals surface area contributed by atoms with Gasteiger partial charge in [0.05, 0.1) is 19.3 Å². The van der Waals surface area contributed by atoms with E-state index in [2.05, 4.69) is 24.1 Å². The van der Waals surface area contributed by atoms with Gasteiger partial charge in [-0.1, -0.05) is 13.8 Å². The normalized spacial score (nSPS) is 23.1. The molecule has 0 aromatic carbocycles. The van der Waals surface area contributed by atoms with Crippen LogP contribution >= 0.6 is 0 Å². The molecule has 0 aliphatic carbocycles. The third kappa shape index (κ3) is 5.80. The molecule has 1 saturated heterocycles. The van der Waals surface area contributed by atoms with Crippen LogP contribution in [-0.4, -0.2) is 55.7 Å². The second-order valence-electron chi connectivity index (χ2n) is 5.54. The fourth-order valence-electron chi connectivity index (χ4n) is 1.95. The van der Waals surface area contributed by atoms with Gasteiger partial charge in [-0.15, -0.1) is 0 Å². The van der Waals surface area contributed by atoms with Crippen LogP contribution in [0.5, 0.6) is 0 Å². The van der Waals surface area contributed by atoms with Gasteiger partial charge in [0.1, 0.15) is 0 Å². The van der Waals surface area contributed by atoms with Crippen LogP contribution in [0.15, 0.2) is 0 Å². The summed E-state index contributed by atoms with van der Waals surface area (Å²) < 4.78 is 5.57. The number of amides is 1. The van der Waals surface area contributed by atoms with Gasteiger partial charge in [0.2, 0.25) is 5.91 Å². The van der Waals surface area contributed by atoms with Crippen molar-refractivity contribution in [3.8, 4) is 0 Å². The van der Waals surface area contributed by atoms with E-state index in [-0.39, 0.29) is 18.1 Å². The molecule has 0 saturated carbocycles. The third-order valence-corrected chi connectivity index (χ3v) is 3.18. The number of nitrogens with one attached hydrogen (secondary N) is 1. The maximum atomic E-state index is 11.7. The molecule has 2 unspecified atom stereocenters. The number of morpholine rings is 1. The zero-order valence-electron chi connectivity index (χ0n) is 11.8. The summed E-state index contributed by atoms with van der Waals surface area (Å²) in [6, 6.07) is 0.0109. The van der Waals surface area contributed by atoms with E-state index in [4.69, 9.17) is 10.5 Å². The second kappa shape index (κ2) is 7.71. The fraction of sp³-hybridized carbons (Fsp3) is 0.923. The van der Waals surface area contributed by atoms with Gasteiger partial charge in [0, 0.05) is 25.7 Å². The molecule has 0 radical (unpaired) electrons. The fourth-order valence-corrected chi connectivity index (χ4v) is 1.95. The van der Waals surface area contributed by atoms with Crippen LogP contribution in [0.2, 0.25) is 0 Å². The van der Waals surface area contributed by atoms with Crippen molar-refractivity contribution in [2.45, 2.75) is 39.3 Å². The maximum Gasteiger partial charge on any atom is 0.234 e. The van der Waals surface area contributed by atoms with Crippen molar-refractivity contribution >= 4 is 5.91 Å². The molecule has 0 spiro atoms. The highest BCUT2D eigenvalue weighted by atomic mass is 16.5. The maximum absolute atomic E-state index is 11.7. The van der Waals surface area contributed by atoms with Crippen molar-refractivity contribution in [2.75, 3.05) is 32.8 Å². The Kier molecular flexibility index (Phi) is 6.60. The van der Waals surface area contributed by atoms with E-state index in [0.29, 0.717) is 19.1 Å². The molecule has 106 valence electrons.